The van der Waals surface area contributed by atoms with Crippen molar-refractivity contribution in [3.05, 3.63) is 113 Å². The maximum Gasteiger partial charge on any atom is 0.167 e. The Morgan fingerprint density at radius 2 is 1.29 bits per heavy atom. The van der Waals surface area contributed by atoms with Crippen molar-refractivity contribution in [3.8, 4) is 28.0 Å². The number of hydrogen-bond acceptors (Lipinski definition) is 1. The van der Waals surface area contributed by atoms with E-state index in [0.29, 0.717) is 29.0 Å². The van der Waals surface area contributed by atoms with Gasteiger partial charge in [0.2, 0.25) is 0 Å². The van der Waals surface area contributed by atoms with E-state index >= 15 is 0 Å². The van der Waals surface area contributed by atoms with Crippen molar-refractivity contribution in [1.82, 2.24) is 0 Å². The molecular weight excluding hydrogens is 445 g/mol. The zero-order valence-corrected chi connectivity index (χ0v) is 19.8. The van der Waals surface area contributed by atoms with Crippen LogP contribution in [0.25, 0.3) is 34.4 Å². The summed E-state index contributed by atoms with van der Waals surface area (Å²) in [5.41, 5.74) is 4.07. The number of halogens is 3. The molecule has 0 saturated carbocycles. The lowest BCUT2D eigenvalue weighted by Crippen LogP contribution is -1.94. The first-order chi connectivity index (χ1) is 17.0. The van der Waals surface area contributed by atoms with E-state index in [0.717, 1.165) is 18.4 Å². The van der Waals surface area contributed by atoms with Gasteiger partial charge >= 0.3 is 0 Å². The lowest BCUT2D eigenvalue weighted by Gasteiger charge is -2.10. The van der Waals surface area contributed by atoms with E-state index in [1.165, 1.54) is 11.6 Å². The summed E-state index contributed by atoms with van der Waals surface area (Å²) >= 11 is 0. The van der Waals surface area contributed by atoms with Crippen LogP contribution < -0.4 is 4.74 Å². The summed E-state index contributed by atoms with van der Waals surface area (Å²) in [4.78, 5) is 0. The van der Waals surface area contributed by atoms with Crippen LogP contribution in [0.1, 0.15) is 37.0 Å². The zero-order chi connectivity index (χ0) is 24.8. The number of hydrogen-bond donors (Lipinski definition) is 0. The molecule has 0 amide bonds. The molecule has 0 unspecified atom stereocenters. The zero-order valence-electron chi connectivity index (χ0n) is 19.8. The molecule has 0 aliphatic heterocycles. The fourth-order valence-electron chi connectivity index (χ4n) is 3.99. The third kappa shape index (κ3) is 5.65. The van der Waals surface area contributed by atoms with Gasteiger partial charge in [-0.3, -0.25) is 0 Å². The van der Waals surface area contributed by atoms with E-state index in [2.05, 4.69) is 6.92 Å². The molecule has 1 nitrogen and oxygen atoms in total. The van der Waals surface area contributed by atoms with E-state index in [9.17, 15) is 13.2 Å². The molecule has 0 N–H and O–H groups in total. The van der Waals surface area contributed by atoms with Crippen molar-refractivity contribution in [2.45, 2.75) is 26.7 Å². The Balaban J connectivity index is 1.53. The molecule has 0 aromatic heterocycles. The molecule has 0 atom stereocenters. The highest BCUT2D eigenvalue weighted by atomic mass is 19.2. The fraction of sp³-hybridized carbons (Fsp3) is 0.161. The molecule has 0 saturated heterocycles. The van der Waals surface area contributed by atoms with Gasteiger partial charge in [0, 0.05) is 22.8 Å². The van der Waals surface area contributed by atoms with Gasteiger partial charge in [-0.15, -0.1) is 0 Å². The second kappa shape index (κ2) is 11.1. The van der Waals surface area contributed by atoms with Gasteiger partial charge in [-0.25, -0.2) is 13.2 Å². The second-order valence-corrected chi connectivity index (χ2v) is 8.31. The molecule has 0 heterocycles. The molecule has 178 valence electrons. The molecular formula is C31H27F3O. The number of benzene rings is 4. The molecule has 0 spiro atoms. The van der Waals surface area contributed by atoms with E-state index in [4.69, 9.17) is 4.74 Å². The highest BCUT2D eigenvalue weighted by molar-refractivity contribution is 5.75. The Hall–Kier alpha value is -3.79. The van der Waals surface area contributed by atoms with E-state index in [1.54, 1.807) is 60.7 Å². The van der Waals surface area contributed by atoms with Crippen LogP contribution in [0.15, 0.2) is 78.9 Å². The molecule has 4 heteroatoms. The van der Waals surface area contributed by atoms with Crippen molar-refractivity contribution in [1.29, 1.82) is 0 Å². The monoisotopic (exact) mass is 472 g/mol. The Kier molecular flexibility index (Phi) is 7.71. The standard InChI is InChI=1S/C31H27F3O/c1-3-5-21-6-11-23(12-7-21)27-18-19-28(31(34)30(27)33)24-13-8-22(9-14-24)10-15-25-16-17-26(35-4-2)20-29(25)32/h6-20H,3-5H2,1-2H3/b15-10+. The summed E-state index contributed by atoms with van der Waals surface area (Å²) in [6.07, 6.45) is 5.42. The molecule has 4 aromatic rings. The van der Waals surface area contributed by atoms with Gasteiger partial charge in [0.05, 0.1) is 6.61 Å². The number of aryl methyl sites for hydroxylation is 1. The third-order valence-corrected chi connectivity index (χ3v) is 5.85. The quantitative estimate of drug-likeness (QED) is 0.233. The highest BCUT2D eigenvalue weighted by Crippen LogP contribution is 2.32. The van der Waals surface area contributed by atoms with E-state index < -0.39 is 11.6 Å². The Morgan fingerprint density at radius 1 is 0.686 bits per heavy atom. The Morgan fingerprint density at radius 3 is 1.83 bits per heavy atom. The molecule has 4 aromatic carbocycles. The van der Waals surface area contributed by atoms with Crippen LogP contribution in [0, 0.1) is 17.5 Å². The summed E-state index contributed by atoms with van der Waals surface area (Å²) < 4.78 is 49.5. The van der Waals surface area contributed by atoms with Gasteiger partial charge < -0.3 is 4.74 Å². The average molecular weight is 473 g/mol. The SMILES string of the molecule is CCCc1ccc(-c2ccc(-c3ccc(/C=C/c4ccc(OCC)cc4F)cc3)c(F)c2F)cc1. The van der Waals surface area contributed by atoms with Crippen LogP contribution >= 0.6 is 0 Å². The third-order valence-electron chi connectivity index (χ3n) is 5.85. The van der Waals surface area contributed by atoms with Crippen LogP contribution in [0.4, 0.5) is 13.2 Å². The summed E-state index contributed by atoms with van der Waals surface area (Å²) in [5, 5.41) is 0. The first kappa shape index (κ1) is 24.3. The predicted octanol–water partition coefficient (Wildman–Crippen LogP) is 8.96. The first-order valence-electron chi connectivity index (χ1n) is 11.8. The lowest BCUT2D eigenvalue weighted by atomic mass is 9.97. The molecule has 0 fully saturated rings. The van der Waals surface area contributed by atoms with Crippen molar-refractivity contribution < 1.29 is 17.9 Å². The summed E-state index contributed by atoms with van der Waals surface area (Å²) in [5.74, 6) is -1.62. The molecule has 0 radical (unpaired) electrons. The first-order valence-corrected chi connectivity index (χ1v) is 11.8. The van der Waals surface area contributed by atoms with Gasteiger partial charge in [-0.05, 0) is 47.7 Å². The second-order valence-electron chi connectivity index (χ2n) is 8.31. The smallest absolute Gasteiger partial charge is 0.167 e. The topological polar surface area (TPSA) is 9.23 Å². The largest absolute Gasteiger partial charge is 0.494 e. The average Bonchev–Trinajstić information content (AvgIpc) is 2.87. The van der Waals surface area contributed by atoms with Crippen molar-refractivity contribution in [2.75, 3.05) is 6.61 Å². The minimum absolute atomic E-state index is 0.196. The predicted molar refractivity (Wildman–Crippen MR) is 138 cm³/mol. The van der Waals surface area contributed by atoms with Crippen LogP contribution in [0.5, 0.6) is 5.75 Å². The number of rotatable bonds is 8. The van der Waals surface area contributed by atoms with Gasteiger partial charge in [0.1, 0.15) is 11.6 Å². The van der Waals surface area contributed by atoms with Gasteiger partial charge in [0.25, 0.3) is 0 Å². The molecule has 0 aliphatic rings. The number of ether oxygens (including phenoxy) is 1. The minimum Gasteiger partial charge on any atom is -0.494 e. The van der Waals surface area contributed by atoms with Gasteiger partial charge in [-0.2, -0.15) is 0 Å². The van der Waals surface area contributed by atoms with Crippen molar-refractivity contribution in [2.24, 2.45) is 0 Å². The van der Waals surface area contributed by atoms with Crippen molar-refractivity contribution >= 4 is 12.2 Å². The van der Waals surface area contributed by atoms with Crippen molar-refractivity contribution in [3.63, 3.8) is 0 Å². The van der Waals surface area contributed by atoms with Gasteiger partial charge in [0.15, 0.2) is 11.6 Å². The van der Waals surface area contributed by atoms with Crippen LogP contribution in [-0.4, -0.2) is 6.61 Å². The maximum absolute atomic E-state index is 15.0. The highest BCUT2D eigenvalue weighted by Gasteiger charge is 2.16. The molecule has 35 heavy (non-hydrogen) atoms. The minimum atomic E-state index is -0.875. The molecule has 4 rings (SSSR count). The summed E-state index contributed by atoms with van der Waals surface area (Å²) in [6, 6.07) is 22.5. The Bertz CT molecular complexity index is 1320. The van der Waals surface area contributed by atoms with Crippen LogP contribution in [0.3, 0.4) is 0 Å². The molecule has 0 bridgehead atoms. The lowest BCUT2D eigenvalue weighted by molar-refractivity contribution is 0.338. The maximum atomic E-state index is 15.0. The normalized spacial score (nSPS) is 11.2. The van der Waals surface area contributed by atoms with Crippen LogP contribution in [-0.2, 0) is 6.42 Å². The Labute approximate surface area is 204 Å². The van der Waals surface area contributed by atoms with E-state index in [-0.39, 0.29) is 16.9 Å². The summed E-state index contributed by atoms with van der Waals surface area (Å²) in [7, 11) is 0. The molecule has 0 aliphatic carbocycles. The van der Waals surface area contributed by atoms with E-state index in [1.807, 2.05) is 31.2 Å². The summed E-state index contributed by atoms with van der Waals surface area (Å²) in [6.45, 7) is 4.42. The van der Waals surface area contributed by atoms with Gasteiger partial charge in [-0.1, -0.05) is 86.2 Å². The van der Waals surface area contributed by atoms with Crippen LogP contribution in [0.2, 0.25) is 0 Å². The fourth-order valence-corrected chi connectivity index (χ4v) is 3.99.